The summed E-state index contributed by atoms with van der Waals surface area (Å²) >= 11 is 1.59. The van der Waals surface area contributed by atoms with Crippen LogP contribution in [0.1, 0.15) is 24.5 Å². The van der Waals surface area contributed by atoms with Gasteiger partial charge in [0.25, 0.3) is 0 Å². The minimum absolute atomic E-state index is 0.523. The fourth-order valence-electron chi connectivity index (χ4n) is 0.908. The zero-order chi connectivity index (χ0) is 9.68. The van der Waals surface area contributed by atoms with Crippen LogP contribution in [-0.4, -0.2) is 11.6 Å². The van der Waals surface area contributed by atoms with Gasteiger partial charge in [-0.05, 0) is 5.92 Å². The molecule has 2 N–H and O–H groups in total. The lowest BCUT2D eigenvalue weighted by Gasteiger charge is -2.04. The van der Waals surface area contributed by atoms with Gasteiger partial charge in [0, 0.05) is 18.5 Å². The fraction of sp³-hybridized carbons (Fsp3) is 0.667. The molecule has 74 valence electrons. The highest BCUT2D eigenvalue weighted by Crippen LogP contribution is 2.10. The topological polar surface area (TPSA) is 48.1 Å². The first-order valence-corrected chi connectivity index (χ1v) is 5.31. The molecular formula is C9H16N2OS. The third-order valence-electron chi connectivity index (χ3n) is 1.48. The van der Waals surface area contributed by atoms with Crippen LogP contribution in [0.5, 0.6) is 0 Å². The first-order valence-electron chi connectivity index (χ1n) is 4.43. The quantitative estimate of drug-likeness (QED) is 0.788. The van der Waals surface area contributed by atoms with E-state index in [1.807, 2.05) is 5.38 Å². The van der Waals surface area contributed by atoms with Crippen molar-refractivity contribution in [3.8, 4) is 0 Å². The highest BCUT2D eigenvalue weighted by molar-refractivity contribution is 7.09. The normalized spacial score (nSPS) is 11.1. The predicted octanol–water partition coefficient (Wildman–Crippen LogP) is 1.77. The first-order chi connectivity index (χ1) is 6.22. The number of nitrogens with zero attached hydrogens (tertiary/aromatic N) is 1. The number of ether oxygens (including phenoxy) is 1. The monoisotopic (exact) mass is 200 g/mol. The van der Waals surface area contributed by atoms with Crippen LogP contribution >= 0.6 is 11.3 Å². The van der Waals surface area contributed by atoms with E-state index in [1.54, 1.807) is 11.3 Å². The number of nitrogens with two attached hydrogens (primary N) is 1. The van der Waals surface area contributed by atoms with E-state index >= 15 is 0 Å². The maximum atomic E-state index is 5.45. The van der Waals surface area contributed by atoms with E-state index in [9.17, 15) is 0 Å². The minimum Gasteiger partial charge on any atom is -0.375 e. The lowest BCUT2D eigenvalue weighted by molar-refractivity contribution is 0.0950. The predicted molar refractivity (Wildman–Crippen MR) is 54.5 cm³/mol. The molecule has 0 aliphatic rings. The second-order valence-corrected chi connectivity index (χ2v) is 4.29. The molecule has 0 unspecified atom stereocenters. The van der Waals surface area contributed by atoms with Gasteiger partial charge in [-0.2, -0.15) is 0 Å². The molecule has 1 heterocycles. The highest BCUT2D eigenvalue weighted by Gasteiger charge is 2.00. The van der Waals surface area contributed by atoms with Crippen molar-refractivity contribution in [2.45, 2.75) is 27.0 Å². The molecule has 0 aliphatic carbocycles. The zero-order valence-electron chi connectivity index (χ0n) is 8.12. The molecule has 13 heavy (non-hydrogen) atoms. The van der Waals surface area contributed by atoms with Gasteiger partial charge in [0.1, 0.15) is 5.01 Å². The van der Waals surface area contributed by atoms with Crippen molar-refractivity contribution in [2.24, 2.45) is 11.7 Å². The van der Waals surface area contributed by atoms with E-state index in [0.717, 1.165) is 17.3 Å². The van der Waals surface area contributed by atoms with Gasteiger partial charge in [0.2, 0.25) is 0 Å². The number of aromatic nitrogens is 1. The molecule has 0 radical (unpaired) electrons. The third-order valence-corrected chi connectivity index (χ3v) is 2.40. The van der Waals surface area contributed by atoms with Crippen LogP contribution in [0, 0.1) is 5.92 Å². The standard InChI is InChI=1S/C9H16N2OS/c1-7(2)4-12-5-8-6-13-9(3-10)11-8/h6-7H,3-5,10H2,1-2H3. The van der Waals surface area contributed by atoms with Crippen molar-refractivity contribution in [2.75, 3.05) is 6.61 Å². The molecule has 0 bridgehead atoms. The Kier molecular flexibility index (Phi) is 4.35. The Bertz CT molecular complexity index is 248. The maximum Gasteiger partial charge on any atom is 0.107 e. The van der Waals surface area contributed by atoms with Crippen LogP contribution in [0.3, 0.4) is 0 Å². The van der Waals surface area contributed by atoms with Gasteiger partial charge in [-0.1, -0.05) is 13.8 Å². The summed E-state index contributed by atoms with van der Waals surface area (Å²) in [5.74, 6) is 0.576. The van der Waals surface area contributed by atoms with Crippen molar-refractivity contribution in [3.63, 3.8) is 0 Å². The molecule has 0 spiro atoms. The van der Waals surface area contributed by atoms with Gasteiger partial charge in [-0.25, -0.2) is 4.98 Å². The molecule has 4 heteroatoms. The second kappa shape index (κ2) is 5.32. The van der Waals surface area contributed by atoms with E-state index in [2.05, 4.69) is 18.8 Å². The van der Waals surface area contributed by atoms with E-state index in [4.69, 9.17) is 10.5 Å². The van der Waals surface area contributed by atoms with Gasteiger partial charge < -0.3 is 10.5 Å². The molecule has 1 aromatic rings. The SMILES string of the molecule is CC(C)COCc1csc(CN)n1. The summed E-state index contributed by atoms with van der Waals surface area (Å²) in [4.78, 5) is 4.29. The second-order valence-electron chi connectivity index (χ2n) is 3.35. The highest BCUT2D eigenvalue weighted by atomic mass is 32.1. The van der Waals surface area contributed by atoms with Crippen molar-refractivity contribution in [1.29, 1.82) is 0 Å². The van der Waals surface area contributed by atoms with Crippen molar-refractivity contribution in [3.05, 3.63) is 16.1 Å². The van der Waals surface area contributed by atoms with Gasteiger partial charge in [0.05, 0.1) is 12.3 Å². The summed E-state index contributed by atoms with van der Waals surface area (Å²) in [5.41, 5.74) is 6.44. The smallest absolute Gasteiger partial charge is 0.107 e. The molecular weight excluding hydrogens is 184 g/mol. The zero-order valence-corrected chi connectivity index (χ0v) is 8.93. The summed E-state index contributed by atoms with van der Waals surface area (Å²) in [6, 6.07) is 0. The molecule has 0 aromatic carbocycles. The van der Waals surface area contributed by atoms with Crippen molar-refractivity contribution < 1.29 is 4.74 Å². The average molecular weight is 200 g/mol. The van der Waals surface area contributed by atoms with E-state index in [1.165, 1.54) is 0 Å². The third kappa shape index (κ3) is 3.85. The fourth-order valence-corrected chi connectivity index (χ4v) is 1.57. The van der Waals surface area contributed by atoms with E-state index < -0.39 is 0 Å². The summed E-state index contributed by atoms with van der Waals surface area (Å²) in [6.45, 7) is 6.18. The van der Waals surface area contributed by atoms with E-state index in [-0.39, 0.29) is 0 Å². The molecule has 0 saturated carbocycles. The molecule has 1 rings (SSSR count). The number of rotatable bonds is 5. The lowest BCUT2D eigenvalue weighted by Crippen LogP contribution is -2.02. The summed E-state index contributed by atoms with van der Waals surface area (Å²) in [6.07, 6.45) is 0. The van der Waals surface area contributed by atoms with Crippen LogP contribution in [0.4, 0.5) is 0 Å². The Balaban J connectivity index is 2.28. The lowest BCUT2D eigenvalue weighted by atomic mass is 10.2. The summed E-state index contributed by atoms with van der Waals surface area (Å²) in [7, 11) is 0. The molecule has 0 aliphatic heterocycles. The van der Waals surface area contributed by atoms with Crippen LogP contribution < -0.4 is 5.73 Å². The summed E-state index contributed by atoms with van der Waals surface area (Å²) < 4.78 is 5.44. The average Bonchev–Trinajstić information content (AvgIpc) is 2.52. The maximum absolute atomic E-state index is 5.45. The minimum atomic E-state index is 0.523. The van der Waals surface area contributed by atoms with Crippen LogP contribution in [0.2, 0.25) is 0 Å². The molecule has 0 atom stereocenters. The Morgan fingerprint density at radius 1 is 1.62 bits per heavy atom. The van der Waals surface area contributed by atoms with Crippen molar-refractivity contribution in [1.82, 2.24) is 4.98 Å². The van der Waals surface area contributed by atoms with E-state index in [0.29, 0.717) is 19.1 Å². The van der Waals surface area contributed by atoms with Gasteiger partial charge >= 0.3 is 0 Å². The molecule has 1 aromatic heterocycles. The Hall–Kier alpha value is -0.450. The molecule has 0 amide bonds. The van der Waals surface area contributed by atoms with Gasteiger partial charge in [-0.15, -0.1) is 11.3 Å². The number of thiazole rings is 1. The number of hydrogen-bond donors (Lipinski definition) is 1. The molecule has 3 nitrogen and oxygen atoms in total. The Labute approximate surface area is 82.9 Å². The molecule has 0 fully saturated rings. The van der Waals surface area contributed by atoms with Gasteiger partial charge in [0.15, 0.2) is 0 Å². The molecule has 0 saturated heterocycles. The Morgan fingerprint density at radius 2 is 2.38 bits per heavy atom. The van der Waals surface area contributed by atoms with Crippen LogP contribution in [-0.2, 0) is 17.9 Å². The Morgan fingerprint density at radius 3 is 2.92 bits per heavy atom. The first kappa shape index (κ1) is 10.6. The number of hydrogen-bond acceptors (Lipinski definition) is 4. The van der Waals surface area contributed by atoms with Crippen LogP contribution in [0.25, 0.3) is 0 Å². The largest absolute Gasteiger partial charge is 0.375 e. The van der Waals surface area contributed by atoms with Crippen LogP contribution in [0.15, 0.2) is 5.38 Å². The van der Waals surface area contributed by atoms with Crippen molar-refractivity contribution >= 4 is 11.3 Å². The summed E-state index contributed by atoms with van der Waals surface area (Å²) in [5, 5.41) is 2.98. The van der Waals surface area contributed by atoms with Gasteiger partial charge in [-0.3, -0.25) is 0 Å².